The van der Waals surface area contributed by atoms with Gasteiger partial charge in [0.15, 0.2) is 0 Å². The SMILES string of the molecule is C=C/C=C\C(=C)C(C=C)CC.CF. The van der Waals surface area contributed by atoms with Crippen molar-refractivity contribution < 1.29 is 4.39 Å². The number of rotatable bonds is 5. The highest BCUT2D eigenvalue weighted by Gasteiger charge is 2.00. The number of hydrogen-bond donors (Lipinski definition) is 0. The topological polar surface area (TPSA) is 0 Å². The van der Waals surface area contributed by atoms with Gasteiger partial charge in [-0.2, -0.15) is 0 Å². The highest BCUT2D eigenvalue weighted by Crippen LogP contribution is 2.14. The molecule has 0 bridgehead atoms. The van der Waals surface area contributed by atoms with Crippen LogP contribution in [-0.2, 0) is 0 Å². The normalized spacial score (nSPS) is 11.3. The Morgan fingerprint density at radius 2 is 1.92 bits per heavy atom. The summed E-state index contributed by atoms with van der Waals surface area (Å²) in [6.07, 6.45) is 8.61. The van der Waals surface area contributed by atoms with Crippen molar-refractivity contribution in [3.8, 4) is 0 Å². The summed E-state index contributed by atoms with van der Waals surface area (Å²) in [4.78, 5) is 0. The zero-order valence-electron chi connectivity index (χ0n) is 8.59. The molecule has 0 amide bonds. The summed E-state index contributed by atoms with van der Waals surface area (Å²) in [5, 5.41) is 0. The summed E-state index contributed by atoms with van der Waals surface area (Å²) >= 11 is 0. The van der Waals surface area contributed by atoms with Gasteiger partial charge in [-0.05, 0) is 12.0 Å². The van der Waals surface area contributed by atoms with Gasteiger partial charge in [-0.25, -0.2) is 0 Å². The maximum absolute atomic E-state index is 9.50. The molecule has 0 saturated heterocycles. The van der Waals surface area contributed by atoms with Gasteiger partial charge in [-0.3, -0.25) is 4.39 Å². The first-order chi connectivity index (χ1) is 6.26. The van der Waals surface area contributed by atoms with Crippen LogP contribution in [0.25, 0.3) is 0 Å². The minimum absolute atomic E-state index is 0.409. The van der Waals surface area contributed by atoms with Gasteiger partial charge in [0.05, 0.1) is 7.18 Å². The van der Waals surface area contributed by atoms with E-state index < -0.39 is 0 Å². The first-order valence-electron chi connectivity index (χ1n) is 4.24. The van der Waals surface area contributed by atoms with E-state index in [4.69, 9.17) is 0 Å². The van der Waals surface area contributed by atoms with Crippen LogP contribution in [-0.4, -0.2) is 7.18 Å². The summed E-state index contributed by atoms with van der Waals surface area (Å²) in [6.45, 7) is 13.4. The van der Waals surface area contributed by atoms with E-state index in [1.54, 1.807) is 6.08 Å². The molecule has 0 aromatic heterocycles. The molecule has 0 saturated carbocycles. The Morgan fingerprint density at radius 1 is 1.38 bits per heavy atom. The quantitative estimate of drug-likeness (QED) is 0.444. The summed E-state index contributed by atoms with van der Waals surface area (Å²) in [6, 6.07) is 0. The van der Waals surface area contributed by atoms with Gasteiger partial charge in [0.25, 0.3) is 0 Å². The zero-order valence-corrected chi connectivity index (χ0v) is 8.59. The molecular formula is C12H19F. The van der Waals surface area contributed by atoms with Crippen molar-refractivity contribution in [1.82, 2.24) is 0 Å². The third kappa shape index (κ3) is 7.26. The van der Waals surface area contributed by atoms with Crippen molar-refractivity contribution in [1.29, 1.82) is 0 Å². The third-order valence-electron chi connectivity index (χ3n) is 1.65. The lowest BCUT2D eigenvalue weighted by molar-refractivity contribution is 0.636. The maximum atomic E-state index is 9.50. The second kappa shape index (κ2) is 10.9. The van der Waals surface area contributed by atoms with E-state index >= 15 is 0 Å². The molecule has 0 rings (SSSR count). The highest BCUT2D eigenvalue weighted by atomic mass is 19.1. The monoisotopic (exact) mass is 182 g/mol. The van der Waals surface area contributed by atoms with Crippen LogP contribution < -0.4 is 0 Å². The van der Waals surface area contributed by atoms with Gasteiger partial charge in [0, 0.05) is 5.92 Å². The molecular weight excluding hydrogens is 163 g/mol. The van der Waals surface area contributed by atoms with Crippen LogP contribution in [0.2, 0.25) is 0 Å². The summed E-state index contributed by atoms with van der Waals surface area (Å²) in [5.41, 5.74) is 1.10. The molecule has 1 heteroatoms. The number of allylic oxidation sites excluding steroid dienone is 5. The van der Waals surface area contributed by atoms with Crippen LogP contribution in [0.4, 0.5) is 4.39 Å². The molecule has 0 aliphatic carbocycles. The zero-order chi connectivity index (χ0) is 10.7. The van der Waals surface area contributed by atoms with Crippen LogP contribution in [0.1, 0.15) is 13.3 Å². The molecule has 0 aromatic rings. The lowest BCUT2D eigenvalue weighted by atomic mass is 9.98. The molecule has 0 aromatic carbocycles. The fraction of sp³-hybridized carbons (Fsp3) is 0.333. The fourth-order valence-corrected chi connectivity index (χ4v) is 0.895. The minimum Gasteiger partial charge on any atom is -0.255 e. The van der Waals surface area contributed by atoms with Gasteiger partial charge >= 0.3 is 0 Å². The first-order valence-corrected chi connectivity index (χ1v) is 4.24. The van der Waals surface area contributed by atoms with Gasteiger partial charge in [0.1, 0.15) is 0 Å². The van der Waals surface area contributed by atoms with E-state index in [0.717, 1.165) is 12.0 Å². The van der Waals surface area contributed by atoms with Gasteiger partial charge < -0.3 is 0 Å². The average molecular weight is 182 g/mol. The maximum Gasteiger partial charge on any atom is 0.0785 e. The average Bonchev–Trinajstić information content (AvgIpc) is 2.19. The van der Waals surface area contributed by atoms with Crippen molar-refractivity contribution in [2.45, 2.75) is 13.3 Å². The van der Waals surface area contributed by atoms with E-state index in [2.05, 4.69) is 26.7 Å². The Labute approximate surface area is 81.2 Å². The summed E-state index contributed by atoms with van der Waals surface area (Å²) < 4.78 is 9.50. The van der Waals surface area contributed by atoms with E-state index in [9.17, 15) is 4.39 Å². The largest absolute Gasteiger partial charge is 0.255 e. The molecule has 0 nitrogen and oxygen atoms in total. The van der Waals surface area contributed by atoms with E-state index in [1.807, 2.05) is 18.2 Å². The molecule has 0 heterocycles. The van der Waals surface area contributed by atoms with Gasteiger partial charge in [0.2, 0.25) is 0 Å². The second-order valence-electron chi connectivity index (χ2n) is 2.42. The highest BCUT2D eigenvalue weighted by molar-refractivity contribution is 5.23. The lowest BCUT2D eigenvalue weighted by Crippen LogP contribution is -1.94. The first kappa shape index (κ1) is 14.4. The standard InChI is InChI=1S/C11H16.CH3F/c1-5-8-9-10(4)11(6-2)7-3;1-2/h5-6,8-9,11H,1-2,4,7H2,3H3;1H3/b9-8-;. The van der Waals surface area contributed by atoms with E-state index in [0.29, 0.717) is 13.1 Å². The Hall–Kier alpha value is -1.11. The summed E-state index contributed by atoms with van der Waals surface area (Å²) in [7, 11) is 0.500. The second-order valence-corrected chi connectivity index (χ2v) is 2.42. The van der Waals surface area contributed by atoms with Crippen LogP contribution in [0.3, 0.4) is 0 Å². The van der Waals surface area contributed by atoms with Crippen molar-refractivity contribution in [3.05, 3.63) is 49.6 Å². The number of hydrogen-bond acceptors (Lipinski definition) is 0. The van der Waals surface area contributed by atoms with Crippen LogP contribution in [0.15, 0.2) is 49.6 Å². The van der Waals surface area contributed by atoms with E-state index in [1.165, 1.54) is 0 Å². The van der Waals surface area contributed by atoms with Crippen LogP contribution in [0, 0.1) is 5.92 Å². The lowest BCUT2D eigenvalue weighted by Gasteiger charge is -2.08. The molecule has 0 N–H and O–H groups in total. The molecule has 1 unspecified atom stereocenters. The molecule has 13 heavy (non-hydrogen) atoms. The molecule has 74 valence electrons. The van der Waals surface area contributed by atoms with Gasteiger partial charge in [-0.1, -0.05) is 44.4 Å². The molecule has 0 fully saturated rings. The van der Waals surface area contributed by atoms with Gasteiger partial charge in [-0.15, -0.1) is 6.58 Å². The Morgan fingerprint density at radius 3 is 2.23 bits per heavy atom. The molecule has 0 aliphatic rings. The van der Waals surface area contributed by atoms with Crippen molar-refractivity contribution in [2.75, 3.05) is 7.18 Å². The number of alkyl halides is 1. The summed E-state index contributed by atoms with van der Waals surface area (Å²) in [5.74, 6) is 0.409. The Balaban J connectivity index is 0. The Bertz CT molecular complexity index is 178. The number of halogens is 1. The predicted octanol–water partition coefficient (Wildman–Crippen LogP) is 4.08. The third-order valence-corrected chi connectivity index (χ3v) is 1.65. The predicted molar refractivity (Wildman–Crippen MR) is 59.5 cm³/mol. The molecule has 1 atom stereocenters. The Kier molecular flexibility index (Phi) is 12.1. The van der Waals surface area contributed by atoms with Crippen molar-refractivity contribution in [3.63, 3.8) is 0 Å². The molecule has 0 aliphatic heterocycles. The van der Waals surface area contributed by atoms with Crippen molar-refractivity contribution >= 4 is 0 Å². The van der Waals surface area contributed by atoms with Crippen LogP contribution >= 0.6 is 0 Å². The smallest absolute Gasteiger partial charge is 0.0785 e. The molecule has 0 spiro atoms. The van der Waals surface area contributed by atoms with Crippen molar-refractivity contribution in [2.24, 2.45) is 5.92 Å². The van der Waals surface area contributed by atoms with E-state index in [-0.39, 0.29) is 0 Å². The fourth-order valence-electron chi connectivity index (χ4n) is 0.895. The molecule has 0 radical (unpaired) electrons. The van der Waals surface area contributed by atoms with Crippen LogP contribution in [0.5, 0.6) is 0 Å². The minimum atomic E-state index is 0.409.